The number of morpholine rings is 2. The topological polar surface area (TPSA) is 91.8 Å². The molecule has 0 saturated carbocycles. The van der Waals surface area contributed by atoms with Crippen molar-refractivity contribution in [3.05, 3.63) is 41.5 Å². The highest BCUT2D eigenvalue weighted by molar-refractivity contribution is 7.20. The molecule has 37 heavy (non-hydrogen) atoms. The van der Waals surface area contributed by atoms with Gasteiger partial charge in [0, 0.05) is 66.2 Å². The van der Waals surface area contributed by atoms with Crippen molar-refractivity contribution < 1.29 is 9.47 Å². The number of pyridine rings is 1. The van der Waals surface area contributed by atoms with Crippen LogP contribution in [0.3, 0.4) is 0 Å². The summed E-state index contributed by atoms with van der Waals surface area (Å²) >= 11 is 1.74. The number of hydrogen-bond donors (Lipinski definition) is 1. The fourth-order valence-electron chi connectivity index (χ4n) is 4.67. The number of rotatable bonds is 7. The first-order chi connectivity index (χ1) is 18.3. The molecule has 0 atom stereocenters. The summed E-state index contributed by atoms with van der Waals surface area (Å²) < 4.78 is 12.2. The number of thiophene rings is 1. The Bertz CT molecular complexity index is 1430. The van der Waals surface area contributed by atoms with E-state index in [1.807, 2.05) is 24.7 Å². The highest BCUT2D eigenvalue weighted by Gasteiger charge is 2.21. The molecule has 2 aliphatic heterocycles. The van der Waals surface area contributed by atoms with Crippen LogP contribution in [0.25, 0.3) is 38.2 Å². The Labute approximate surface area is 219 Å². The Hall–Kier alpha value is -3.18. The third kappa shape index (κ3) is 5.28. The molecule has 9 nitrogen and oxygen atoms in total. The molecule has 0 aromatic carbocycles. The summed E-state index contributed by atoms with van der Waals surface area (Å²) in [6.45, 7) is 9.28. The van der Waals surface area contributed by atoms with E-state index >= 15 is 0 Å². The Morgan fingerprint density at radius 2 is 1.92 bits per heavy atom. The van der Waals surface area contributed by atoms with Gasteiger partial charge in [0.05, 0.1) is 43.3 Å². The standard InChI is InChI=1S/C27H31N7O2S/c1-2-3-20(16-28-18-33-6-10-35-11-7-33)23-15-22-24(37-23)27(34-8-12-36-13-9-34)32-26(31-22)21-14-19-4-5-29-25(19)30-17-21/h3-5,14-17H,2,6-13,18H2,1H3,(H,29,30)/b20-3+,28-16-. The summed E-state index contributed by atoms with van der Waals surface area (Å²) in [6, 6.07) is 6.30. The molecule has 2 aliphatic rings. The normalized spacial score (nSPS) is 18.0. The van der Waals surface area contributed by atoms with Crippen molar-refractivity contribution in [3.8, 4) is 11.4 Å². The highest BCUT2D eigenvalue weighted by atomic mass is 32.1. The van der Waals surface area contributed by atoms with Gasteiger partial charge in [-0.3, -0.25) is 9.89 Å². The van der Waals surface area contributed by atoms with E-state index in [-0.39, 0.29) is 0 Å². The molecule has 192 valence electrons. The SMILES string of the molecule is CC/C=C(\C=N/CN1CCOCC1)c1cc2nc(-c3cnc4[nH]ccc4c3)nc(N3CCOCC3)c2s1. The Morgan fingerprint density at radius 1 is 1.11 bits per heavy atom. The van der Waals surface area contributed by atoms with Gasteiger partial charge in [0.2, 0.25) is 0 Å². The Morgan fingerprint density at radius 3 is 2.73 bits per heavy atom. The number of ether oxygens (including phenoxy) is 2. The van der Waals surface area contributed by atoms with Gasteiger partial charge < -0.3 is 19.4 Å². The zero-order valence-corrected chi connectivity index (χ0v) is 21.8. The van der Waals surface area contributed by atoms with Crippen LogP contribution in [0, 0.1) is 0 Å². The van der Waals surface area contributed by atoms with Gasteiger partial charge in [-0.15, -0.1) is 11.3 Å². The summed E-state index contributed by atoms with van der Waals surface area (Å²) in [5, 5.41) is 1.05. The molecule has 2 fully saturated rings. The van der Waals surface area contributed by atoms with Crippen molar-refractivity contribution in [1.82, 2.24) is 24.8 Å². The van der Waals surface area contributed by atoms with E-state index < -0.39 is 0 Å². The summed E-state index contributed by atoms with van der Waals surface area (Å²) in [4.78, 5) is 28.4. The quantitative estimate of drug-likeness (QED) is 0.367. The number of aromatic amines is 1. The highest BCUT2D eigenvalue weighted by Crippen LogP contribution is 2.37. The maximum Gasteiger partial charge on any atom is 0.163 e. The van der Waals surface area contributed by atoms with Crippen molar-refractivity contribution in [3.63, 3.8) is 0 Å². The lowest BCUT2D eigenvalue weighted by molar-refractivity contribution is 0.0395. The zero-order valence-electron chi connectivity index (χ0n) is 21.0. The smallest absolute Gasteiger partial charge is 0.163 e. The second-order valence-corrected chi connectivity index (χ2v) is 10.2. The number of nitrogens with zero attached hydrogens (tertiary/aromatic N) is 6. The van der Waals surface area contributed by atoms with Gasteiger partial charge in [-0.25, -0.2) is 15.0 Å². The van der Waals surface area contributed by atoms with Gasteiger partial charge in [-0.1, -0.05) is 13.0 Å². The minimum absolute atomic E-state index is 0.687. The van der Waals surface area contributed by atoms with Gasteiger partial charge in [-0.05, 0) is 24.6 Å². The average molecular weight is 518 g/mol. The third-order valence-corrected chi connectivity index (χ3v) is 7.82. The molecule has 6 heterocycles. The lowest BCUT2D eigenvalue weighted by atomic mass is 10.2. The first kappa shape index (κ1) is 24.2. The number of nitrogens with one attached hydrogen (secondary N) is 1. The van der Waals surface area contributed by atoms with Crippen LogP contribution in [0.4, 0.5) is 5.82 Å². The van der Waals surface area contributed by atoms with Gasteiger partial charge in [-0.2, -0.15) is 0 Å². The molecular formula is C27H31N7O2S. The second-order valence-electron chi connectivity index (χ2n) is 9.19. The van der Waals surface area contributed by atoms with Gasteiger partial charge in [0.1, 0.15) is 5.65 Å². The summed E-state index contributed by atoms with van der Waals surface area (Å²) in [5.41, 5.74) is 3.85. The maximum atomic E-state index is 5.62. The fourth-order valence-corrected chi connectivity index (χ4v) is 5.79. The second kappa shape index (κ2) is 11.1. The minimum Gasteiger partial charge on any atom is -0.379 e. The summed E-state index contributed by atoms with van der Waals surface area (Å²) in [5.74, 6) is 1.66. The number of fused-ring (bicyclic) bond motifs is 2. The van der Waals surface area contributed by atoms with E-state index in [9.17, 15) is 0 Å². The lowest BCUT2D eigenvalue weighted by Gasteiger charge is -2.28. The van der Waals surface area contributed by atoms with Crippen LogP contribution in [0.5, 0.6) is 0 Å². The van der Waals surface area contributed by atoms with E-state index in [4.69, 9.17) is 24.4 Å². The maximum absolute atomic E-state index is 5.62. The first-order valence-corrected chi connectivity index (χ1v) is 13.7. The molecular weight excluding hydrogens is 486 g/mol. The predicted molar refractivity (Wildman–Crippen MR) is 150 cm³/mol. The largest absolute Gasteiger partial charge is 0.379 e. The molecule has 10 heteroatoms. The van der Waals surface area contributed by atoms with Crippen molar-refractivity contribution in [2.24, 2.45) is 4.99 Å². The molecule has 0 spiro atoms. The number of aromatic nitrogens is 4. The van der Waals surface area contributed by atoms with Crippen molar-refractivity contribution >= 4 is 50.2 Å². The third-order valence-electron chi connectivity index (χ3n) is 6.65. The molecule has 0 aliphatic carbocycles. The Balaban J connectivity index is 1.38. The lowest BCUT2D eigenvalue weighted by Crippen LogP contribution is -2.36. The zero-order chi connectivity index (χ0) is 25.0. The molecule has 0 radical (unpaired) electrons. The molecule has 4 aromatic heterocycles. The monoisotopic (exact) mass is 517 g/mol. The van der Waals surface area contributed by atoms with E-state index in [0.717, 1.165) is 88.9 Å². The molecule has 0 amide bonds. The van der Waals surface area contributed by atoms with Crippen LogP contribution >= 0.6 is 11.3 Å². The predicted octanol–water partition coefficient (Wildman–Crippen LogP) is 4.23. The van der Waals surface area contributed by atoms with Gasteiger partial charge in [0.15, 0.2) is 11.6 Å². The minimum atomic E-state index is 0.687. The summed E-state index contributed by atoms with van der Waals surface area (Å²) in [6.07, 6.45) is 8.92. The number of H-pyrrole nitrogens is 1. The van der Waals surface area contributed by atoms with Crippen LogP contribution in [-0.4, -0.2) is 90.3 Å². The number of hydrogen-bond acceptors (Lipinski definition) is 9. The van der Waals surface area contributed by atoms with Crippen LogP contribution in [0.15, 0.2) is 41.7 Å². The Kier molecular flexibility index (Phi) is 7.22. The van der Waals surface area contributed by atoms with E-state index in [1.54, 1.807) is 11.3 Å². The van der Waals surface area contributed by atoms with Crippen molar-refractivity contribution in [1.29, 1.82) is 0 Å². The van der Waals surface area contributed by atoms with E-state index in [2.05, 4.69) is 44.9 Å². The average Bonchev–Trinajstić information content (AvgIpc) is 3.60. The van der Waals surface area contributed by atoms with Crippen molar-refractivity contribution in [2.45, 2.75) is 13.3 Å². The summed E-state index contributed by atoms with van der Waals surface area (Å²) in [7, 11) is 0. The number of allylic oxidation sites excluding steroid dienone is 2. The van der Waals surface area contributed by atoms with E-state index in [0.29, 0.717) is 25.7 Å². The fraction of sp³-hybridized carbons (Fsp3) is 0.407. The molecule has 4 aromatic rings. The molecule has 0 unspecified atom stereocenters. The van der Waals surface area contributed by atoms with Gasteiger partial charge in [0.25, 0.3) is 0 Å². The van der Waals surface area contributed by atoms with Crippen LogP contribution in [0.2, 0.25) is 0 Å². The first-order valence-electron chi connectivity index (χ1n) is 12.9. The van der Waals surface area contributed by atoms with Crippen LogP contribution in [0.1, 0.15) is 18.2 Å². The molecule has 0 bridgehead atoms. The number of anilines is 1. The van der Waals surface area contributed by atoms with Crippen LogP contribution in [-0.2, 0) is 9.47 Å². The van der Waals surface area contributed by atoms with E-state index in [1.165, 1.54) is 0 Å². The molecule has 2 saturated heterocycles. The van der Waals surface area contributed by atoms with Crippen LogP contribution < -0.4 is 4.90 Å². The molecule has 1 N–H and O–H groups in total. The molecule has 6 rings (SSSR count). The van der Waals surface area contributed by atoms with Gasteiger partial charge >= 0.3 is 0 Å². The number of aliphatic imine (C=N–C) groups is 1. The van der Waals surface area contributed by atoms with Crippen molar-refractivity contribution in [2.75, 3.05) is 64.2 Å².